The summed E-state index contributed by atoms with van der Waals surface area (Å²) in [6.07, 6.45) is 1.76. The second kappa shape index (κ2) is 6.83. The summed E-state index contributed by atoms with van der Waals surface area (Å²) in [4.78, 5) is 13.1. The molecule has 19 heavy (non-hydrogen) atoms. The Morgan fingerprint density at radius 2 is 2.11 bits per heavy atom. The fraction of sp³-hybridized carbons (Fsp3) is 0.562. The zero-order valence-electron chi connectivity index (χ0n) is 12.6. The zero-order valence-corrected chi connectivity index (χ0v) is 12.6. The van der Waals surface area contributed by atoms with E-state index in [0.29, 0.717) is 11.5 Å². The molecule has 0 aliphatic heterocycles. The van der Waals surface area contributed by atoms with Crippen LogP contribution in [-0.4, -0.2) is 38.9 Å². The number of hydrogen-bond donors (Lipinski definition) is 0. The Hall–Kier alpha value is -1.19. The van der Waals surface area contributed by atoms with E-state index in [9.17, 15) is 4.79 Å². The van der Waals surface area contributed by atoms with Crippen LogP contribution in [0.4, 0.5) is 0 Å². The van der Waals surface area contributed by atoms with Crippen LogP contribution in [0.25, 0.3) is 0 Å². The molecule has 0 unspecified atom stereocenters. The van der Waals surface area contributed by atoms with Crippen molar-refractivity contribution in [3.63, 3.8) is 0 Å². The third-order valence-corrected chi connectivity index (χ3v) is 3.84. The molecule has 106 valence electrons. The Morgan fingerprint density at radius 1 is 1.42 bits per heavy atom. The van der Waals surface area contributed by atoms with Gasteiger partial charge >= 0.3 is 0 Å². The largest absolute Gasteiger partial charge is 0.373 e. The van der Waals surface area contributed by atoms with Gasteiger partial charge in [0.15, 0.2) is 0 Å². The van der Waals surface area contributed by atoms with Crippen LogP contribution in [-0.2, 0) is 10.3 Å². The number of carbonyl (C=O) groups excluding carboxylic acids is 1. The van der Waals surface area contributed by atoms with Crippen LogP contribution < -0.4 is 0 Å². The maximum Gasteiger partial charge on any atom is 0.150 e. The van der Waals surface area contributed by atoms with Gasteiger partial charge in [0.1, 0.15) is 6.29 Å². The van der Waals surface area contributed by atoms with Crippen molar-refractivity contribution in [1.82, 2.24) is 4.90 Å². The molecule has 0 N–H and O–H groups in total. The van der Waals surface area contributed by atoms with Gasteiger partial charge in [-0.25, -0.2) is 0 Å². The lowest BCUT2D eigenvalue weighted by Crippen LogP contribution is -2.40. The standard InChI is InChI=1S/C16H25NO2/c1-6-16(19-5,13(2)11-17(3)4)15-9-7-8-14(10-15)12-18/h7-10,12-13H,6,11H2,1-5H3/t13-,16+/m0/s1. The van der Waals surface area contributed by atoms with Gasteiger partial charge in [-0.05, 0) is 32.1 Å². The molecule has 0 heterocycles. The monoisotopic (exact) mass is 263 g/mol. The minimum absolute atomic E-state index is 0.333. The topological polar surface area (TPSA) is 29.5 Å². The van der Waals surface area contributed by atoms with E-state index in [1.807, 2.05) is 24.3 Å². The molecule has 0 aliphatic rings. The fourth-order valence-electron chi connectivity index (χ4n) is 2.87. The van der Waals surface area contributed by atoms with Gasteiger partial charge in [-0.2, -0.15) is 0 Å². The van der Waals surface area contributed by atoms with Crippen LogP contribution in [0, 0.1) is 5.92 Å². The van der Waals surface area contributed by atoms with Gasteiger partial charge in [-0.15, -0.1) is 0 Å². The van der Waals surface area contributed by atoms with Gasteiger partial charge in [-0.3, -0.25) is 4.79 Å². The predicted molar refractivity (Wildman–Crippen MR) is 78.5 cm³/mol. The summed E-state index contributed by atoms with van der Waals surface area (Å²) in [6.45, 7) is 5.26. The molecule has 3 nitrogen and oxygen atoms in total. The number of aldehydes is 1. The highest BCUT2D eigenvalue weighted by Crippen LogP contribution is 2.37. The Labute approximate surface area is 116 Å². The normalized spacial score (nSPS) is 16.1. The SMILES string of the molecule is CC[C@](OC)(c1cccc(C=O)c1)[C@@H](C)CN(C)C. The Kier molecular flexibility index (Phi) is 5.70. The van der Waals surface area contributed by atoms with Crippen molar-refractivity contribution in [3.05, 3.63) is 35.4 Å². The molecule has 1 aromatic carbocycles. The van der Waals surface area contributed by atoms with Crippen LogP contribution in [0.1, 0.15) is 36.2 Å². The summed E-state index contributed by atoms with van der Waals surface area (Å²) >= 11 is 0. The Bertz CT molecular complexity index is 411. The number of rotatable bonds is 7. The second-order valence-corrected chi connectivity index (χ2v) is 5.35. The van der Waals surface area contributed by atoms with E-state index >= 15 is 0 Å². The van der Waals surface area contributed by atoms with E-state index in [-0.39, 0.29) is 5.60 Å². The molecule has 0 bridgehead atoms. The summed E-state index contributed by atoms with van der Waals surface area (Å²) in [5.74, 6) is 0.333. The lowest BCUT2D eigenvalue weighted by molar-refractivity contribution is -0.0682. The van der Waals surface area contributed by atoms with Crippen LogP contribution in [0.15, 0.2) is 24.3 Å². The first kappa shape index (κ1) is 15.9. The molecule has 0 aromatic heterocycles. The van der Waals surface area contributed by atoms with E-state index < -0.39 is 0 Å². The Morgan fingerprint density at radius 3 is 2.58 bits per heavy atom. The van der Waals surface area contributed by atoms with E-state index in [0.717, 1.165) is 24.8 Å². The van der Waals surface area contributed by atoms with E-state index in [4.69, 9.17) is 4.74 Å². The molecule has 0 amide bonds. The average molecular weight is 263 g/mol. The van der Waals surface area contributed by atoms with Crippen molar-refractivity contribution in [2.24, 2.45) is 5.92 Å². The number of benzene rings is 1. The third kappa shape index (κ3) is 3.43. The molecular weight excluding hydrogens is 238 g/mol. The van der Waals surface area contributed by atoms with E-state index in [1.54, 1.807) is 7.11 Å². The summed E-state index contributed by atoms with van der Waals surface area (Å²) in [7, 11) is 5.88. The molecule has 0 spiro atoms. The summed E-state index contributed by atoms with van der Waals surface area (Å²) in [5, 5.41) is 0. The maximum absolute atomic E-state index is 11.0. The van der Waals surface area contributed by atoms with Crippen molar-refractivity contribution < 1.29 is 9.53 Å². The highest BCUT2D eigenvalue weighted by atomic mass is 16.5. The summed E-state index contributed by atoms with van der Waals surface area (Å²) in [5.41, 5.74) is 1.43. The van der Waals surface area contributed by atoms with Crippen molar-refractivity contribution >= 4 is 6.29 Å². The third-order valence-electron chi connectivity index (χ3n) is 3.84. The first-order valence-corrected chi connectivity index (χ1v) is 6.75. The lowest BCUT2D eigenvalue weighted by Gasteiger charge is -2.39. The molecule has 0 saturated heterocycles. The first-order valence-electron chi connectivity index (χ1n) is 6.75. The van der Waals surface area contributed by atoms with Gasteiger partial charge in [0, 0.05) is 25.1 Å². The van der Waals surface area contributed by atoms with Crippen molar-refractivity contribution in [3.8, 4) is 0 Å². The van der Waals surface area contributed by atoms with Gasteiger partial charge < -0.3 is 9.64 Å². The summed E-state index contributed by atoms with van der Waals surface area (Å²) < 4.78 is 5.89. The molecule has 0 aliphatic carbocycles. The molecule has 1 rings (SSSR count). The van der Waals surface area contributed by atoms with E-state index in [2.05, 4.69) is 32.8 Å². The van der Waals surface area contributed by atoms with Gasteiger partial charge in [0.2, 0.25) is 0 Å². The van der Waals surface area contributed by atoms with Crippen LogP contribution >= 0.6 is 0 Å². The smallest absolute Gasteiger partial charge is 0.150 e. The lowest BCUT2D eigenvalue weighted by atomic mass is 9.79. The van der Waals surface area contributed by atoms with Crippen molar-refractivity contribution in [2.75, 3.05) is 27.7 Å². The first-order chi connectivity index (χ1) is 9.00. The van der Waals surface area contributed by atoms with Crippen LogP contribution in [0.5, 0.6) is 0 Å². The maximum atomic E-state index is 11.0. The predicted octanol–water partition coefficient (Wildman–Crippen LogP) is 2.95. The van der Waals surface area contributed by atoms with Gasteiger partial charge in [-0.1, -0.05) is 32.0 Å². The van der Waals surface area contributed by atoms with E-state index in [1.165, 1.54) is 0 Å². The molecule has 3 heteroatoms. The Balaban J connectivity index is 3.19. The number of carbonyl (C=O) groups is 1. The molecule has 0 radical (unpaired) electrons. The quantitative estimate of drug-likeness (QED) is 0.708. The van der Waals surface area contributed by atoms with Gasteiger partial charge in [0.05, 0.1) is 5.60 Å². The average Bonchev–Trinajstić information content (AvgIpc) is 2.40. The van der Waals surface area contributed by atoms with Crippen LogP contribution in [0.2, 0.25) is 0 Å². The highest BCUT2D eigenvalue weighted by molar-refractivity contribution is 5.75. The molecule has 0 fully saturated rings. The van der Waals surface area contributed by atoms with Crippen molar-refractivity contribution in [2.45, 2.75) is 25.9 Å². The number of ether oxygens (including phenoxy) is 1. The number of methoxy groups -OCH3 is 1. The number of nitrogens with zero attached hydrogens (tertiary/aromatic N) is 1. The van der Waals surface area contributed by atoms with Gasteiger partial charge in [0.25, 0.3) is 0 Å². The van der Waals surface area contributed by atoms with Crippen molar-refractivity contribution in [1.29, 1.82) is 0 Å². The zero-order chi connectivity index (χ0) is 14.5. The summed E-state index contributed by atoms with van der Waals surface area (Å²) in [6, 6.07) is 7.73. The fourth-order valence-corrected chi connectivity index (χ4v) is 2.87. The minimum Gasteiger partial charge on any atom is -0.373 e. The molecule has 1 aromatic rings. The van der Waals surface area contributed by atoms with Crippen LogP contribution in [0.3, 0.4) is 0 Å². The minimum atomic E-state index is -0.344. The molecule has 2 atom stereocenters. The number of hydrogen-bond acceptors (Lipinski definition) is 3. The molecular formula is C16H25NO2. The second-order valence-electron chi connectivity index (χ2n) is 5.35. The molecule has 0 saturated carbocycles. The highest BCUT2D eigenvalue weighted by Gasteiger charge is 2.36.